The molecule has 108 valence electrons. The van der Waals surface area contributed by atoms with Gasteiger partial charge < -0.3 is 11.1 Å². The van der Waals surface area contributed by atoms with Crippen LogP contribution in [0.25, 0.3) is 10.9 Å². The van der Waals surface area contributed by atoms with Crippen LogP contribution in [0.1, 0.15) is 5.69 Å². The highest BCUT2D eigenvalue weighted by Gasteiger charge is 2.11. The summed E-state index contributed by atoms with van der Waals surface area (Å²) < 4.78 is 15.9. The summed E-state index contributed by atoms with van der Waals surface area (Å²) >= 11 is 0. The Balaban J connectivity index is 1.83. The third-order valence-electron chi connectivity index (χ3n) is 3.33. The van der Waals surface area contributed by atoms with Crippen LogP contribution in [0.4, 0.5) is 15.8 Å². The van der Waals surface area contributed by atoms with Gasteiger partial charge in [0.2, 0.25) is 0 Å². The first-order chi connectivity index (χ1) is 10.1. The average Bonchev–Trinajstić information content (AvgIpc) is 2.88. The summed E-state index contributed by atoms with van der Waals surface area (Å²) in [4.78, 5) is 4.23. The van der Waals surface area contributed by atoms with Crippen molar-refractivity contribution in [2.75, 3.05) is 17.6 Å². The number of rotatable bonds is 4. The number of pyridine rings is 1. The van der Waals surface area contributed by atoms with Gasteiger partial charge in [-0.15, -0.1) is 0 Å². The highest BCUT2D eigenvalue weighted by molar-refractivity contribution is 5.98. The van der Waals surface area contributed by atoms with Gasteiger partial charge in [-0.3, -0.25) is 9.67 Å². The van der Waals surface area contributed by atoms with Gasteiger partial charge in [0, 0.05) is 43.5 Å². The molecule has 6 heteroatoms. The lowest BCUT2D eigenvalue weighted by Crippen LogP contribution is -2.08. The molecule has 5 nitrogen and oxygen atoms in total. The van der Waals surface area contributed by atoms with Gasteiger partial charge >= 0.3 is 0 Å². The van der Waals surface area contributed by atoms with E-state index in [2.05, 4.69) is 15.4 Å². The van der Waals surface area contributed by atoms with Gasteiger partial charge in [0.25, 0.3) is 0 Å². The number of fused-ring (bicyclic) bond motifs is 1. The Morgan fingerprint density at radius 2 is 2.24 bits per heavy atom. The molecule has 2 aromatic heterocycles. The molecule has 0 bridgehead atoms. The van der Waals surface area contributed by atoms with Gasteiger partial charge in [-0.2, -0.15) is 5.10 Å². The Morgan fingerprint density at radius 1 is 1.38 bits per heavy atom. The average molecular weight is 285 g/mol. The van der Waals surface area contributed by atoms with Crippen molar-refractivity contribution in [1.29, 1.82) is 0 Å². The van der Waals surface area contributed by atoms with Crippen molar-refractivity contribution in [2.24, 2.45) is 7.05 Å². The highest BCUT2D eigenvalue weighted by atomic mass is 19.1. The lowest BCUT2D eigenvalue weighted by atomic mass is 10.1. The summed E-state index contributed by atoms with van der Waals surface area (Å²) in [7, 11) is 1.87. The van der Waals surface area contributed by atoms with Crippen molar-refractivity contribution >= 4 is 22.3 Å². The zero-order chi connectivity index (χ0) is 14.8. The minimum atomic E-state index is -0.389. The zero-order valence-electron chi connectivity index (χ0n) is 11.7. The Labute approximate surface area is 121 Å². The molecule has 21 heavy (non-hydrogen) atoms. The third kappa shape index (κ3) is 2.65. The highest BCUT2D eigenvalue weighted by Crippen LogP contribution is 2.29. The van der Waals surface area contributed by atoms with Crippen molar-refractivity contribution in [2.45, 2.75) is 6.42 Å². The van der Waals surface area contributed by atoms with Crippen LogP contribution in [0.2, 0.25) is 0 Å². The molecule has 0 aliphatic heterocycles. The number of aryl methyl sites for hydroxylation is 1. The molecule has 2 heterocycles. The molecule has 0 spiro atoms. The second-order valence-electron chi connectivity index (χ2n) is 4.88. The summed E-state index contributed by atoms with van der Waals surface area (Å²) in [6.07, 6.45) is 4.22. The number of hydrogen-bond donors (Lipinski definition) is 2. The first-order valence-electron chi connectivity index (χ1n) is 6.70. The number of nitrogens with two attached hydrogens (primary N) is 1. The molecule has 1 aromatic carbocycles. The van der Waals surface area contributed by atoms with E-state index in [-0.39, 0.29) is 5.82 Å². The number of halogens is 1. The molecule has 0 saturated carbocycles. The predicted octanol–water partition coefficient (Wildman–Crippen LogP) is 2.34. The molecule has 0 aliphatic rings. The molecule has 0 saturated heterocycles. The van der Waals surface area contributed by atoms with E-state index in [1.54, 1.807) is 16.9 Å². The van der Waals surface area contributed by atoms with Crippen LogP contribution in [-0.4, -0.2) is 21.3 Å². The minimum absolute atomic E-state index is 0.385. The quantitative estimate of drug-likeness (QED) is 0.722. The van der Waals surface area contributed by atoms with Crippen LogP contribution in [0.3, 0.4) is 0 Å². The normalized spacial score (nSPS) is 11.0. The molecule has 0 atom stereocenters. The molecule has 0 radical (unpaired) electrons. The maximum atomic E-state index is 14.1. The van der Waals surface area contributed by atoms with Crippen LogP contribution in [0, 0.1) is 5.82 Å². The number of nitrogens with one attached hydrogen (secondary N) is 1. The second kappa shape index (κ2) is 5.40. The van der Waals surface area contributed by atoms with Crippen LogP contribution >= 0.6 is 0 Å². The van der Waals surface area contributed by atoms with E-state index in [0.717, 1.165) is 11.1 Å². The molecular formula is C15H16FN5. The lowest BCUT2D eigenvalue weighted by molar-refractivity contribution is 0.632. The molecule has 3 N–H and O–H groups in total. The van der Waals surface area contributed by atoms with E-state index in [0.29, 0.717) is 29.9 Å². The van der Waals surface area contributed by atoms with E-state index in [1.807, 2.05) is 25.4 Å². The number of aromatic nitrogens is 3. The molecule has 3 rings (SSSR count). The molecule has 3 aromatic rings. The summed E-state index contributed by atoms with van der Waals surface area (Å²) in [6.45, 7) is 0.573. The Morgan fingerprint density at radius 3 is 3.00 bits per heavy atom. The number of anilines is 2. The topological polar surface area (TPSA) is 68.8 Å². The van der Waals surface area contributed by atoms with E-state index < -0.39 is 0 Å². The summed E-state index contributed by atoms with van der Waals surface area (Å²) in [5.74, 6) is -0.389. The fourth-order valence-electron chi connectivity index (χ4n) is 2.32. The van der Waals surface area contributed by atoms with Gasteiger partial charge in [0.05, 0.1) is 16.9 Å². The largest absolute Gasteiger partial charge is 0.398 e. The maximum Gasteiger partial charge on any atom is 0.150 e. The monoisotopic (exact) mass is 285 g/mol. The van der Waals surface area contributed by atoms with Crippen molar-refractivity contribution in [3.05, 3.63) is 48.2 Å². The van der Waals surface area contributed by atoms with Crippen LogP contribution < -0.4 is 11.1 Å². The first-order valence-corrected chi connectivity index (χ1v) is 6.70. The van der Waals surface area contributed by atoms with Gasteiger partial charge in [0.15, 0.2) is 5.82 Å². The van der Waals surface area contributed by atoms with Crippen LogP contribution in [0.5, 0.6) is 0 Å². The van der Waals surface area contributed by atoms with Gasteiger partial charge in [-0.1, -0.05) is 0 Å². The SMILES string of the molecule is Cn1ccc(CCNc2c(F)cc(N)c3cccnc23)n1. The number of benzene rings is 1. The smallest absolute Gasteiger partial charge is 0.150 e. The van der Waals surface area contributed by atoms with E-state index in [9.17, 15) is 4.39 Å². The van der Waals surface area contributed by atoms with Crippen molar-refractivity contribution < 1.29 is 4.39 Å². The molecule has 0 fully saturated rings. The van der Waals surface area contributed by atoms with E-state index in [4.69, 9.17) is 5.73 Å². The molecule has 0 unspecified atom stereocenters. The minimum Gasteiger partial charge on any atom is -0.398 e. The predicted molar refractivity (Wildman–Crippen MR) is 81.5 cm³/mol. The molecule has 0 aliphatic carbocycles. The van der Waals surface area contributed by atoms with Crippen molar-refractivity contribution in [1.82, 2.24) is 14.8 Å². The third-order valence-corrected chi connectivity index (χ3v) is 3.33. The lowest BCUT2D eigenvalue weighted by Gasteiger charge is -2.11. The fraction of sp³-hybridized carbons (Fsp3) is 0.200. The summed E-state index contributed by atoms with van der Waals surface area (Å²) in [5.41, 5.74) is 8.12. The fourth-order valence-corrected chi connectivity index (χ4v) is 2.32. The standard InChI is InChI=1S/C15H16FN5/c1-21-8-5-10(20-21)4-7-19-15-12(16)9-13(17)11-3-2-6-18-14(11)15/h2-3,5-6,8-9,19H,4,7,17H2,1H3. The Kier molecular flexibility index (Phi) is 3.43. The van der Waals surface area contributed by atoms with Crippen LogP contribution in [0.15, 0.2) is 36.7 Å². The zero-order valence-corrected chi connectivity index (χ0v) is 11.7. The maximum absolute atomic E-state index is 14.1. The Bertz CT molecular complexity index is 781. The van der Waals surface area contributed by atoms with Crippen molar-refractivity contribution in [3.8, 4) is 0 Å². The first kappa shape index (κ1) is 13.4. The van der Waals surface area contributed by atoms with Gasteiger partial charge in [-0.25, -0.2) is 4.39 Å². The summed E-state index contributed by atoms with van der Waals surface area (Å²) in [6, 6.07) is 6.89. The van der Waals surface area contributed by atoms with Crippen LogP contribution in [-0.2, 0) is 13.5 Å². The molecule has 0 amide bonds. The number of hydrogen-bond acceptors (Lipinski definition) is 4. The van der Waals surface area contributed by atoms with Gasteiger partial charge in [0.1, 0.15) is 0 Å². The summed E-state index contributed by atoms with van der Waals surface area (Å²) in [5, 5.41) is 8.14. The molecular weight excluding hydrogens is 269 g/mol. The van der Waals surface area contributed by atoms with E-state index in [1.165, 1.54) is 6.07 Å². The Hall–Kier alpha value is -2.63. The van der Waals surface area contributed by atoms with Crippen molar-refractivity contribution in [3.63, 3.8) is 0 Å². The van der Waals surface area contributed by atoms with E-state index >= 15 is 0 Å². The van der Waals surface area contributed by atoms with Gasteiger partial charge in [-0.05, 0) is 24.3 Å². The second-order valence-corrected chi connectivity index (χ2v) is 4.88. The number of nitrogens with zero attached hydrogens (tertiary/aromatic N) is 3. The number of nitrogen functional groups attached to an aromatic ring is 1.